The minimum absolute atomic E-state index is 0.623. The van der Waals surface area contributed by atoms with Crippen LogP contribution in [0.2, 0.25) is 0 Å². The first kappa shape index (κ1) is 14.1. The van der Waals surface area contributed by atoms with Crippen molar-refractivity contribution in [2.45, 2.75) is 26.3 Å². The summed E-state index contributed by atoms with van der Waals surface area (Å²) in [6.07, 6.45) is 1.20. The lowest BCUT2D eigenvalue weighted by atomic mass is 10.2. The van der Waals surface area contributed by atoms with Crippen LogP contribution < -0.4 is 9.80 Å². The fourth-order valence-corrected chi connectivity index (χ4v) is 2.46. The van der Waals surface area contributed by atoms with Gasteiger partial charge in [0, 0.05) is 44.5 Å². The monoisotopic (exact) mass is 263 g/mol. The summed E-state index contributed by atoms with van der Waals surface area (Å²) < 4.78 is 0. The number of likely N-dealkylation sites (N-methyl/N-ethyl adjacent to an activating group) is 1. The van der Waals surface area contributed by atoms with Crippen molar-refractivity contribution in [2.24, 2.45) is 0 Å². The maximum Gasteiger partial charge on any atom is 0.227 e. The Hall–Kier alpha value is -1.36. The van der Waals surface area contributed by atoms with Crippen molar-refractivity contribution in [1.82, 2.24) is 14.9 Å². The maximum atomic E-state index is 4.73. The molecule has 0 aromatic carbocycles. The normalized spacial score (nSPS) is 19.3. The third-order valence-corrected chi connectivity index (χ3v) is 3.94. The summed E-state index contributed by atoms with van der Waals surface area (Å²) in [5.41, 5.74) is 2.27. The molecular formula is C14H25N5. The molecule has 5 nitrogen and oxygen atoms in total. The molecule has 0 saturated carbocycles. The van der Waals surface area contributed by atoms with Gasteiger partial charge in [-0.1, -0.05) is 0 Å². The first-order valence-electron chi connectivity index (χ1n) is 6.84. The van der Waals surface area contributed by atoms with Gasteiger partial charge in [0.15, 0.2) is 0 Å². The SMILES string of the molecule is Cc1nc(N(C)C)nc(N2CC[C@H](N(C)C)C2)c1C. The maximum absolute atomic E-state index is 4.73. The molecule has 19 heavy (non-hydrogen) atoms. The lowest BCUT2D eigenvalue weighted by molar-refractivity contribution is 0.315. The molecule has 1 fully saturated rings. The number of nitrogens with zero attached hydrogens (tertiary/aromatic N) is 5. The van der Waals surface area contributed by atoms with Gasteiger partial charge >= 0.3 is 0 Å². The largest absolute Gasteiger partial charge is 0.355 e. The van der Waals surface area contributed by atoms with E-state index in [1.807, 2.05) is 19.0 Å². The van der Waals surface area contributed by atoms with E-state index in [1.165, 1.54) is 12.0 Å². The van der Waals surface area contributed by atoms with E-state index < -0.39 is 0 Å². The fourth-order valence-electron chi connectivity index (χ4n) is 2.46. The number of rotatable bonds is 3. The van der Waals surface area contributed by atoms with Crippen LogP contribution in [0.4, 0.5) is 11.8 Å². The number of hydrogen-bond acceptors (Lipinski definition) is 5. The molecule has 0 spiro atoms. The topological polar surface area (TPSA) is 35.5 Å². The van der Waals surface area contributed by atoms with E-state index in [0.717, 1.165) is 30.5 Å². The lowest BCUT2D eigenvalue weighted by Crippen LogP contribution is -2.32. The van der Waals surface area contributed by atoms with Crippen molar-refractivity contribution in [3.63, 3.8) is 0 Å². The molecule has 0 bridgehead atoms. The predicted molar refractivity (Wildman–Crippen MR) is 80.1 cm³/mol. The molecule has 0 N–H and O–H groups in total. The van der Waals surface area contributed by atoms with Crippen molar-refractivity contribution in [3.8, 4) is 0 Å². The highest BCUT2D eigenvalue weighted by atomic mass is 15.3. The number of anilines is 2. The summed E-state index contributed by atoms with van der Waals surface area (Å²) in [7, 11) is 8.27. The third kappa shape index (κ3) is 2.81. The average Bonchev–Trinajstić information content (AvgIpc) is 2.81. The Kier molecular flexibility index (Phi) is 3.94. The molecule has 1 aliphatic heterocycles. The van der Waals surface area contributed by atoms with Gasteiger partial charge < -0.3 is 14.7 Å². The Morgan fingerprint density at radius 2 is 1.79 bits per heavy atom. The molecule has 1 saturated heterocycles. The second kappa shape index (κ2) is 5.33. The number of aromatic nitrogens is 2. The Morgan fingerprint density at radius 1 is 1.11 bits per heavy atom. The van der Waals surface area contributed by atoms with E-state index in [2.05, 4.69) is 42.7 Å². The summed E-state index contributed by atoms with van der Waals surface area (Å²) in [6, 6.07) is 0.623. The van der Waals surface area contributed by atoms with Gasteiger partial charge in [-0.15, -0.1) is 0 Å². The van der Waals surface area contributed by atoms with Gasteiger partial charge in [0.05, 0.1) is 0 Å². The highest BCUT2D eigenvalue weighted by molar-refractivity contribution is 5.53. The van der Waals surface area contributed by atoms with E-state index in [0.29, 0.717) is 6.04 Å². The third-order valence-electron chi connectivity index (χ3n) is 3.94. The van der Waals surface area contributed by atoms with Crippen LogP contribution in [0.3, 0.4) is 0 Å². The number of hydrogen-bond donors (Lipinski definition) is 0. The van der Waals surface area contributed by atoms with Crippen LogP contribution in [0.1, 0.15) is 17.7 Å². The fraction of sp³-hybridized carbons (Fsp3) is 0.714. The van der Waals surface area contributed by atoms with Crippen molar-refractivity contribution in [3.05, 3.63) is 11.3 Å². The molecule has 0 radical (unpaired) electrons. The van der Waals surface area contributed by atoms with Crippen LogP contribution in [0, 0.1) is 13.8 Å². The van der Waals surface area contributed by atoms with Gasteiger partial charge in [-0.2, -0.15) is 4.98 Å². The van der Waals surface area contributed by atoms with E-state index in [1.54, 1.807) is 0 Å². The first-order chi connectivity index (χ1) is 8.90. The minimum Gasteiger partial charge on any atom is -0.355 e. The second-order valence-electron chi connectivity index (χ2n) is 5.80. The van der Waals surface area contributed by atoms with E-state index >= 15 is 0 Å². The number of aryl methyl sites for hydroxylation is 1. The smallest absolute Gasteiger partial charge is 0.227 e. The van der Waals surface area contributed by atoms with Crippen molar-refractivity contribution in [1.29, 1.82) is 0 Å². The molecule has 1 aromatic rings. The summed E-state index contributed by atoms with van der Waals surface area (Å²) >= 11 is 0. The Balaban J connectivity index is 2.30. The molecule has 1 aliphatic rings. The first-order valence-corrected chi connectivity index (χ1v) is 6.84. The van der Waals surface area contributed by atoms with Gasteiger partial charge in [0.1, 0.15) is 5.82 Å². The Labute approximate surface area is 116 Å². The van der Waals surface area contributed by atoms with Crippen molar-refractivity contribution < 1.29 is 0 Å². The average molecular weight is 263 g/mol. The zero-order chi connectivity index (χ0) is 14.2. The molecule has 5 heteroatoms. The predicted octanol–water partition coefficient (Wildman–Crippen LogP) is 1.30. The molecule has 2 heterocycles. The molecule has 0 aliphatic carbocycles. The highest BCUT2D eigenvalue weighted by Gasteiger charge is 2.26. The van der Waals surface area contributed by atoms with Gasteiger partial charge in [0.25, 0.3) is 0 Å². The van der Waals surface area contributed by atoms with Crippen molar-refractivity contribution >= 4 is 11.8 Å². The van der Waals surface area contributed by atoms with Gasteiger partial charge in [0.2, 0.25) is 5.95 Å². The van der Waals surface area contributed by atoms with Crippen LogP contribution in [-0.4, -0.2) is 62.2 Å². The Morgan fingerprint density at radius 3 is 2.32 bits per heavy atom. The molecular weight excluding hydrogens is 238 g/mol. The van der Waals surface area contributed by atoms with Gasteiger partial charge in [-0.3, -0.25) is 0 Å². The molecule has 106 valence electrons. The van der Waals surface area contributed by atoms with Crippen LogP contribution in [0.25, 0.3) is 0 Å². The van der Waals surface area contributed by atoms with Gasteiger partial charge in [-0.25, -0.2) is 4.98 Å². The summed E-state index contributed by atoms with van der Waals surface area (Å²) in [4.78, 5) is 15.9. The summed E-state index contributed by atoms with van der Waals surface area (Å²) in [6.45, 7) is 6.31. The van der Waals surface area contributed by atoms with E-state index in [4.69, 9.17) is 4.98 Å². The Bertz CT molecular complexity index is 455. The van der Waals surface area contributed by atoms with Gasteiger partial charge in [-0.05, 0) is 34.4 Å². The molecule has 0 amide bonds. The second-order valence-corrected chi connectivity index (χ2v) is 5.80. The molecule has 1 atom stereocenters. The summed E-state index contributed by atoms with van der Waals surface area (Å²) in [5.74, 6) is 1.90. The van der Waals surface area contributed by atoms with Crippen LogP contribution in [-0.2, 0) is 0 Å². The highest BCUT2D eigenvalue weighted by Crippen LogP contribution is 2.26. The quantitative estimate of drug-likeness (QED) is 0.821. The van der Waals surface area contributed by atoms with Crippen molar-refractivity contribution in [2.75, 3.05) is 51.1 Å². The lowest BCUT2D eigenvalue weighted by Gasteiger charge is -2.24. The minimum atomic E-state index is 0.623. The molecule has 1 aromatic heterocycles. The standard InChI is InChI=1S/C14H25N5/c1-10-11(2)15-14(18(5)6)16-13(10)19-8-7-12(9-19)17(3)4/h12H,7-9H2,1-6H3/t12-/m0/s1. The zero-order valence-electron chi connectivity index (χ0n) is 12.9. The van der Waals surface area contributed by atoms with Crippen LogP contribution in [0.15, 0.2) is 0 Å². The van der Waals surface area contributed by atoms with E-state index in [9.17, 15) is 0 Å². The zero-order valence-corrected chi connectivity index (χ0v) is 12.9. The molecule has 2 rings (SSSR count). The van der Waals surface area contributed by atoms with E-state index in [-0.39, 0.29) is 0 Å². The van der Waals surface area contributed by atoms with Crippen LogP contribution in [0.5, 0.6) is 0 Å². The molecule has 0 unspecified atom stereocenters. The van der Waals surface area contributed by atoms with Crippen LogP contribution >= 0.6 is 0 Å². The summed E-state index contributed by atoms with van der Waals surface area (Å²) in [5, 5.41) is 0.